The van der Waals surface area contributed by atoms with Crippen LogP contribution in [0.4, 0.5) is 5.69 Å². The van der Waals surface area contributed by atoms with Crippen molar-refractivity contribution in [3.63, 3.8) is 0 Å². The Hall–Kier alpha value is -2.21. The van der Waals surface area contributed by atoms with E-state index in [1.54, 1.807) is 43.5 Å². The average Bonchev–Trinajstić information content (AvgIpc) is 2.55. The molecule has 0 fully saturated rings. The predicted molar refractivity (Wildman–Crippen MR) is 100 cm³/mol. The van der Waals surface area contributed by atoms with E-state index < -0.39 is 10.0 Å². The first-order valence-electron chi connectivity index (χ1n) is 8.22. The van der Waals surface area contributed by atoms with Crippen LogP contribution in [-0.4, -0.2) is 22.1 Å². The van der Waals surface area contributed by atoms with E-state index in [-0.39, 0.29) is 10.8 Å². The Balaban J connectivity index is 2.46. The van der Waals surface area contributed by atoms with Gasteiger partial charge in [-0.25, -0.2) is 8.42 Å². The van der Waals surface area contributed by atoms with Crippen LogP contribution in [0.25, 0.3) is 0 Å². The predicted octanol–water partition coefficient (Wildman–Crippen LogP) is 4.33. The summed E-state index contributed by atoms with van der Waals surface area (Å²) in [6.07, 6.45) is 0. The van der Waals surface area contributed by atoms with E-state index in [4.69, 9.17) is 9.47 Å². The van der Waals surface area contributed by atoms with Gasteiger partial charge in [0.25, 0.3) is 10.0 Å². The van der Waals surface area contributed by atoms with E-state index in [1.807, 2.05) is 27.7 Å². The Morgan fingerprint density at radius 2 is 1.76 bits per heavy atom. The molecule has 0 bridgehead atoms. The van der Waals surface area contributed by atoms with Crippen molar-refractivity contribution in [3.8, 4) is 11.5 Å². The molecule has 2 aromatic rings. The van der Waals surface area contributed by atoms with Gasteiger partial charge in [-0.05, 0) is 67.3 Å². The Morgan fingerprint density at radius 3 is 2.28 bits per heavy atom. The molecule has 2 aromatic carbocycles. The van der Waals surface area contributed by atoms with Crippen LogP contribution in [0.5, 0.6) is 11.5 Å². The second-order valence-corrected chi connectivity index (χ2v) is 7.73. The molecule has 0 unspecified atom stereocenters. The van der Waals surface area contributed by atoms with Crippen molar-refractivity contribution in [2.45, 2.75) is 38.5 Å². The molecule has 0 aliphatic rings. The van der Waals surface area contributed by atoms with Crippen LogP contribution >= 0.6 is 0 Å². The minimum Gasteiger partial charge on any atom is -0.497 e. The van der Waals surface area contributed by atoms with Crippen molar-refractivity contribution in [1.82, 2.24) is 0 Å². The number of ether oxygens (including phenoxy) is 2. The maximum atomic E-state index is 12.9. The fourth-order valence-corrected chi connectivity index (χ4v) is 3.87. The third kappa shape index (κ3) is 4.45. The number of aryl methyl sites for hydroxylation is 1. The van der Waals surface area contributed by atoms with Gasteiger partial charge in [0, 0.05) is 5.69 Å². The summed E-state index contributed by atoms with van der Waals surface area (Å²) in [5.41, 5.74) is 2.47. The summed E-state index contributed by atoms with van der Waals surface area (Å²) in [6, 6.07) is 10.2. The molecule has 5 nitrogen and oxygen atoms in total. The largest absolute Gasteiger partial charge is 0.497 e. The average molecular weight is 363 g/mol. The van der Waals surface area contributed by atoms with Gasteiger partial charge < -0.3 is 9.47 Å². The van der Waals surface area contributed by atoms with Crippen molar-refractivity contribution in [2.75, 3.05) is 18.4 Å². The van der Waals surface area contributed by atoms with Crippen LogP contribution in [0.15, 0.2) is 41.3 Å². The van der Waals surface area contributed by atoms with Crippen molar-refractivity contribution < 1.29 is 17.9 Å². The number of rotatable bonds is 7. The molecule has 1 N–H and O–H groups in total. The zero-order valence-corrected chi connectivity index (χ0v) is 16.1. The summed E-state index contributed by atoms with van der Waals surface area (Å²) in [6.45, 7) is 8.27. The third-order valence-corrected chi connectivity index (χ3v) is 5.29. The van der Waals surface area contributed by atoms with Crippen molar-refractivity contribution in [1.29, 1.82) is 0 Å². The molecular weight excluding hydrogens is 338 g/mol. The van der Waals surface area contributed by atoms with E-state index in [1.165, 1.54) is 0 Å². The van der Waals surface area contributed by atoms with Gasteiger partial charge in [-0.3, -0.25) is 4.72 Å². The van der Waals surface area contributed by atoms with Crippen LogP contribution in [0.3, 0.4) is 0 Å². The number of anilines is 1. The normalized spacial score (nSPS) is 11.4. The molecule has 0 radical (unpaired) electrons. The summed E-state index contributed by atoms with van der Waals surface area (Å²) in [4.78, 5) is 0.152. The number of methoxy groups -OCH3 is 1. The van der Waals surface area contributed by atoms with Gasteiger partial charge in [0.1, 0.15) is 16.4 Å². The number of benzene rings is 2. The lowest BCUT2D eigenvalue weighted by Gasteiger charge is -2.17. The van der Waals surface area contributed by atoms with Crippen LogP contribution < -0.4 is 14.2 Å². The second kappa shape index (κ2) is 7.78. The van der Waals surface area contributed by atoms with E-state index in [0.29, 0.717) is 23.8 Å². The smallest absolute Gasteiger partial charge is 0.265 e. The molecule has 0 amide bonds. The van der Waals surface area contributed by atoms with E-state index in [2.05, 4.69) is 4.72 Å². The SMILES string of the molecule is CCOc1cc(C)c(C(C)C)cc1S(=O)(=O)Nc1ccc(OC)cc1. The van der Waals surface area contributed by atoms with Crippen molar-refractivity contribution in [2.24, 2.45) is 0 Å². The van der Waals surface area contributed by atoms with Gasteiger partial charge in [0.2, 0.25) is 0 Å². The quantitative estimate of drug-likeness (QED) is 0.795. The zero-order chi connectivity index (χ0) is 18.6. The van der Waals surface area contributed by atoms with Crippen LogP contribution in [0, 0.1) is 6.92 Å². The maximum Gasteiger partial charge on any atom is 0.265 e. The van der Waals surface area contributed by atoms with Crippen molar-refractivity contribution >= 4 is 15.7 Å². The molecule has 6 heteroatoms. The Bertz CT molecular complexity index is 827. The Kier molecular flexibility index (Phi) is 5.95. The first kappa shape index (κ1) is 19.1. The van der Waals surface area contributed by atoms with Gasteiger partial charge >= 0.3 is 0 Å². The summed E-state index contributed by atoms with van der Waals surface area (Å²) >= 11 is 0. The third-order valence-electron chi connectivity index (χ3n) is 3.89. The summed E-state index contributed by atoms with van der Waals surface area (Å²) in [5.74, 6) is 1.24. The van der Waals surface area contributed by atoms with Crippen molar-refractivity contribution in [3.05, 3.63) is 47.5 Å². The van der Waals surface area contributed by atoms with Gasteiger partial charge in [-0.1, -0.05) is 13.8 Å². The molecule has 0 heterocycles. The molecule has 25 heavy (non-hydrogen) atoms. The summed E-state index contributed by atoms with van der Waals surface area (Å²) in [7, 11) is -2.21. The fraction of sp³-hybridized carbons (Fsp3) is 0.368. The number of hydrogen-bond acceptors (Lipinski definition) is 4. The minimum absolute atomic E-state index is 0.152. The minimum atomic E-state index is -3.77. The van der Waals surface area contributed by atoms with E-state index in [0.717, 1.165) is 11.1 Å². The molecule has 0 aromatic heterocycles. The number of nitrogens with one attached hydrogen (secondary N) is 1. The molecule has 136 valence electrons. The number of sulfonamides is 1. The van der Waals surface area contributed by atoms with Gasteiger partial charge in [0.15, 0.2) is 0 Å². The Morgan fingerprint density at radius 1 is 1.12 bits per heavy atom. The van der Waals surface area contributed by atoms with Gasteiger partial charge in [-0.2, -0.15) is 0 Å². The lowest BCUT2D eigenvalue weighted by atomic mass is 9.98. The fourth-order valence-electron chi connectivity index (χ4n) is 2.65. The molecule has 0 saturated carbocycles. The molecule has 0 saturated heterocycles. The topological polar surface area (TPSA) is 64.6 Å². The van der Waals surface area contributed by atoms with Crippen LogP contribution in [-0.2, 0) is 10.0 Å². The first-order valence-corrected chi connectivity index (χ1v) is 9.71. The highest BCUT2D eigenvalue weighted by atomic mass is 32.2. The van der Waals surface area contributed by atoms with E-state index in [9.17, 15) is 8.42 Å². The van der Waals surface area contributed by atoms with Crippen LogP contribution in [0.2, 0.25) is 0 Å². The molecule has 2 rings (SSSR count). The summed E-state index contributed by atoms with van der Waals surface area (Å²) < 4.78 is 39.1. The highest BCUT2D eigenvalue weighted by Gasteiger charge is 2.22. The molecule has 0 atom stereocenters. The Labute approximate surface area is 150 Å². The molecule has 0 aliphatic carbocycles. The molecule has 0 aliphatic heterocycles. The lowest BCUT2D eigenvalue weighted by molar-refractivity contribution is 0.330. The lowest BCUT2D eigenvalue weighted by Crippen LogP contribution is -2.15. The monoisotopic (exact) mass is 363 g/mol. The first-order chi connectivity index (χ1) is 11.8. The van der Waals surface area contributed by atoms with Crippen LogP contribution in [0.1, 0.15) is 37.8 Å². The second-order valence-electron chi connectivity index (χ2n) is 6.08. The van der Waals surface area contributed by atoms with Gasteiger partial charge in [-0.15, -0.1) is 0 Å². The highest BCUT2D eigenvalue weighted by molar-refractivity contribution is 7.92. The molecular formula is C19H25NO4S. The van der Waals surface area contributed by atoms with E-state index >= 15 is 0 Å². The van der Waals surface area contributed by atoms with Gasteiger partial charge in [0.05, 0.1) is 13.7 Å². The maximum absolute atomic E-state index is 12.9. The zero-order valence-electron chi connectivity index (χ0n) is 15.3. The highest BCUT2D eigenvalue weighted by Crippen LogP contribution is 2.32. The standard InChI is InChI=1S/C19H25NO4S/c1-6-24-18-11-14(4)17(13(2)3)12-19(18)25(21,22)20-15-7-9-16(23-5)10-8-15/h7-13,20H,6H2,1-5H3. The molecule has 0 spiro atoms. The summed E-state index contributed by atoms with van der Waals surface area (Å²) in [5, 5.41) is 0. The number of hydrogen-bond donors (Lipinski definition) is 1.